The number of unbranched alkanes of at least 4 members (excludes halogenated alkanes) is 1. The summed E-state index contributed by atoms with van der Waals surface area (Å²) in [5.74, 6) is 0.751. The summed E-state index contributed by atoms with van der Waals surface area (Å²) in [5.41, 5.74) is 1.64. The summed E-state index contributed by atoms with van der Waals surface area (Å²) in [6.07, 6.45) is 4.55. The maximum atomic E-state index is 11.9. The first-order valence-corrected chi connectivity index (χ1v) is 10.6. The van der Waals surface area contributed by atoms with Crippen LogP contribution < -0.4 is 14.5 Å². The number of aromatic nitrogens is 2. The van der Waals surface area contributed by atoms with Crippen molar-refractivity contribution in [2.75, 3.05) is 46.5 Å². The lowest BCUT2D eigenvalue weighted by molar-refractivity contribution is 0.597. The zero-order valence-corrected chi connectivity index (χ0v) is 15.8. The van der Waals surface area contributed by atoms with E-state index in [1.807, 2.05) is 25.1 Å². The van der Waals surface area contributed by atoms with E-state index >= 15 is 0 Å². The summed E-state index contributed by atoms with van der Waals surface area (Å²) < 4.78 is 26.4. The highest BCUT2D eigenvalue weighted by Crippen LogP contribution is 2.18. The van der Waals surface area contributed by atoms with E-state index in [0.717, 1.165) is 32.6 Å². The van der Waals surface area contributed by atoms with E-state index in [0.29, 0.717) is 18.1 Å². The van der Waals surface area contributed by atoms with Crippen molar-refractivity contribution in [3.8, 4) is 0 Å². The SMILES string of the molecule is CCCCS(=O)(=O)Nc1cnc(N2CCN(c3ccccc3)CC2)nc1. The van der Waals surface area contributed by atoms with Gasteiger partial charge in [0.2, 0.25) is 16.0 Å². The van der Waals surface area contributed by atoms with Crippen LogP contribution in [0.1, 0.15) is 19.8 Å². The quantitative estimate of drug-likeness (QED) is 0.800. The van der Waals surface area contributed by atoms with E-state index in [9.17, 15) is 8.42 Å². The third kappa shape index (κ3) is 4.85. The molecule has 3 rings (SSSR count). The first kappa shape index (κ1) is 18.4. The molecule has 0 saturated carbocycles. The van der Waals surface area contributed by atoms with Gasteiger partial charge in [-0.1, -0.05) is 31.5 Å². The first-order chi connectivity index (χ1) is 12.6. The number of hydrogen-bond donors (Lipinski definition) is 1. The molecule has 0 radical (unpaired) electrons. The van der Waals surface area contributed by atoms with Crippen molar-refractivity contribution in [2.24, 2.45) is 0 Å². The van der Waals surface area contributed by atoms with Crippen molar-refractivity contribution in [3.63, 3.8) is 0 Å². The zero-order chi connectivity index (χ0) is 18.4. The molecule has 7 nitrogen and oxygen atoms in total. The Morgan fingerprint density at radius 3 is 2.23 bits per heavy atom. The lowest BCUT2D eigenvalue weighted by Crippen LogP contribution is -2.47. The minimum atomic E-state index is -3.32. The fraction of sp³-hybridized carbons (Fsp3) is 0.444. The second-order valence-electron chi connectivity index (χ2n) is 6.36. The van der Waals surface area contributed by atoms with Crippen LogP contribution in [0.25, 0.3) is 0 Å². The molecule has 1 aromatic carbocycles. The molecular formula is C18H25N5O2S. The predicted molar refractivity (Wildman–Crippen MR) is 105 cm³/mol. The highest BCUT2D eigenvalue weighted by molar-refractivity contribution is 7.92. The van der Waals surface area contributed by atoms with Gasteiger partial charge in [0.1, 0.15) is 0 Å². The monoisotopic (exact) mass is 375 g/mol. The van der Waals surface area contributed by atoms with E-state index in [4.69, 9.17) is 0 Å². The Hall–Kier alpha value is -2.35. The van der Waals surface area contributed by atoms with Gasteiger partial charge in [0.05, 0.1) is 23.8 Å². The van der Waals surface area contributed by atoms with E-state index < -0.39 is 10.0 Å². The average Bonchev–Trinajstić information content (AvgIpc) is 2.68. The molecule has 2 heterocycles. The van der Waals surface area contributed by atoms with Crippen molar-refractivity contribution in [1.82, 2.24) is 9.97 Å². The second-order valence-corrected chi connectivity index (χ2v) is 8.20. The van der Waals surface area contributed by atoms with Gasteiger partial charge in [0, 0.05) is 31.9 Å². The Labute approximate surface area is 155 Å². The van der Waals surface area contributed by atoms with E-state index in [1.165, 1.54) is 18.1 Å². The van der Waals surface area contributed by atoms with Crippen LogP contribution in [0.15, 0.2) is 42.7 Å². The highest BCUT2D eigenvalue weighted by atomic mass is 32.2. The molecule has 0 amide bonds. The van der Waals surface area contributed by atoms with Crippen LogP contribution >= 0.6 is 0 Å². The number of rotatable bonds is 7. The lowest BCUT2D eigenvalue weighted by atomic mass is 10.2. The molecular weight excluding hydrogens is 350 g/mol. The molecule has 8 heteroatoms. The number of anilines is 3. The summed E-state index contributed by atoms with van der Waals surface area (Å²) in [6.45, 7) is 5.43. The number of benzene rings is 1. The number of nitrogens with zero attached hydrogens (tertiary/aromatic N) is 4. The summed E-state index contributed by atoms with van der Waals surface area (Å²) in [7, 11) is -3.32. The van der Waals surface area contributed by atoms with Gasteiger partial charge in [-0.05, 0) is 18.6 Å². The van der Waals surface area contributed by atoms with E-state index in [-0.39, 0.29) is 5.75 Å². The summed E-state index contributed by atoms with van der Waals surface area (Å²) >= 11 is 0. The van der Waals surface area contributed by atoms with Gasteiger partial charge in [-0.25, -0.2) is 18.4 Å². The molecule has 0 bridgehead atoms. The normalized spacial score (nSPS) is 15.1. The van der Waals surface area contributed by atoms with Crippen LogP contribution in [0, 0.1) is 0 Å². The molecule has 0 unspecified atom stereocenters. The molecule has 1 aliphatic rings. The van der Waals surface area contributed by atoms with Crippen molar-refractivity contribution < 1.29 is 8.42 Å². The topological polar surface area (TPSA) is 78.4 Å². The highest BCUT2D eigenvalue weighted by Gasteiger charge is 2.19. The Kier molecular flexibility index (Phi) is 5.92. The van der Waals surface area contributed by atoms with Crippen LogP contribution in [-0.2, 0) is 10.0 Å². The molecule has 2 aromatic rings. The van der Waals surface area contributed by atoms with Crippen LogP contribution in [-0.4, -0.2) is 50.3 Å². The Balaban J connectivity index is 1.56. The molecule has 0 atom stereocenters. The summed E-state index contributed by atoms with van der Waals surface area (Å²) in [4.78, 5) is 13.1. The Morgan fingerprint density at radius 2 is 1.62 bits per heavy atom. The van der Waals surface area contributed by atoms with Crippen LogP contribution in [0.4, 0.5) is 17.3 Å². The van der Waals surface area contributed by atoms with Gasteiger partial charge in [0.15, 0.2) is 0 Å². The van der Waals surface area contributed by atoms with Crippen molar-refractivity contribution in [3.05, 3.63) is 42.7 Å². The van der Waals surface area contributed by atoms with E-state index in [1.54, 1.807) is 0 Å². The summed E-state index contributed by atoms with van der Waals surface area (Å²) in [6, 6.07) is 10.3. The van der Waals surface area contributed by atoms with Crippen LogP contribution in [0.5, 0.6) is 0 Å². The molecule has 0 aliphatic carbocycles. The molecule has 1 fully saturated rings. The van der Waals surface area contributed by atoms with Crippen molar-refractivity contribution >= 4 is 27.3 Å². The minimum Gasteiger partial charge on any atom is -0.368 e. The molecule has 1 N–H and O–H groups in total. The number of para-hydroxylation sites is 1. The molecule has 0 spiro atoms. The molecule has 1 aromatic heterocycles. The molecule has 1 aliphatic heterocycles. The number of nitrogens with one attached hydrogen (secondary N) is 1. The number of hydrogen-bond acceptors (Lipinski definition) is 6. The van der Waals surface area contributed by atoms with Gasteiger partial charge in [-0.15, -0.1) is 0 Å². The zero-order valence-electron chi connectivity index (χ0n) is 15.0. The maximum absolute atomic E-state index is 11.9. The summed E-state index contributed by atoms with van der Waals surface area (Å²) in [5, 5.41) is 0. The van der Waals surface area contributed by atoms with Gasteiger partial charge in [-0.2, -0.15) is 0 Å². The third-order valence-electron chi connectivity index (χ3n) is 4.36. The second kappa shape index (κ2) is 8.35. The van der Waals surface area contributed by atoms with Crippen molar-refractivity contribution in [2.45, 2.75) is 19.8 Å². The van der Waals surface area contributed by atoms with Gasteiger partial charge in [-0.3, -0.25) is 4.72 Å². The Morgan fingerprint density at radius 1 is 1.00 bits per heavy atom. The standard InChI is InChI=1S/C18H25N5O2S/c1-2-3-13-26(24,25)21-16-14-19-18(20-15-16)23-11-9-22(10-12-23)17-7-5-4-6-8-17/h4-8,14-15,21H,2-3,9-13H2,1H3. The fourth-order valence-electron chi connectivity index (χ4n) is 2.91. The van der Waals surface area contributed by atoms with Gasteiger partial charge in [0.25, 0.3) is 0 Å². The van der Waals surface area contributed by atoms with Gasteiger partial charge < -0.3 is 9.80 Å². The fourth-order valence-corrected chi connectivity index (χ4v) is 4.14. The number of piperazine rings is 1. The molecule has 26 heavy (non-hydrogen) atoms. The van der Waals surface area contributed by atoms with Crippen molar-refractivity contribution in [1.29, 1.82) is 0 Å². The smallest absolute Gasteiger partial charge is 0.232 e. The first-order valence-electron chi connectivity index (χ1n) is 8.95. The predicted octanol–water partition coefficient (Wildman–Crippen LogP) is 2.35. The largest absolute Gasteiger partial charge is 0.368 e. The molecule has 140 valence electrons. The van der Waals surface area contributed by atoms with Gasteiger partial charge >= 0.3 is 0 Å². The Bertz CT molecular complexity index is 788. The minimum absolute atomic E-state index is 0.118. The van der Waals surface area contributed by atoms with E-state index in [2.05, 4.69) is 36.6 Å². The van der Waals surface area contributed by atoms with Crippen LogP contribution in [0.2, 0.25) is 0 Å². The lowest BCUT2D eigenvalue weighted by Gasteiger charge is -2.36. The number of sulfonamides is 1. The maximum Gasteiger partial charge on any atom is 0.232 e. The molecule has 1 saturated heterocycles. The third-order valence-corrected chi connectivity index (χ3v) is 5.73. The average molecular weight is 375 g/mol. The van der Waals surface area contributed by atoms with Crippen LogP contribution in [0.3, 0.4) is 0 Å².